The molecule has 0 atom stereocenters. The molecule has 1 aromatic carbocycles. The largest absolute Gasteiger partial charge is 0.374 e. The van der Waals surface area contributed by atoms with Gasteiger partial charge in [0.1, 0.15) is 10.6 Å². The van der Waals surface area contributed by atoms with Crippen LogP contribution < -0.4 is 11.1 Å². The minimum Gasteiger partial charge on any atom is -0.374 e. The summed E-state index contributed by atoms with van der Waals surface area (Å²) in [5.41, 5.74) is 5.32. The van der Waals surface area contributed by atoms with Crippen molar-refractivity contribution in [1.82, 2.24) is 15.5 Å². The first kappa shape index (κ1) is 14.9. The van der Waals surface area contributed by atoms with Gasteiger partial charge in [-0.25, -0.2) is 0 Å². The highest BCUT2D eigenvalue weighted by molar-refractivity contribution is 7.15. The molecule has 0 aliphatic heterocycles. The number of aryl methyl sites for hydroxylation is 1. The third-order valence-electron chi connectivity index (χ3n) is 2.68. The average molecular weight is 307 g/mol. The number of para-hydroxylation sites is 1. The van der Waals surface area contributed by atoms with Crippen molar-refractivity contribution >= 4 is 28.1 Å². The molecule has 1 heterocycles. The van der Waals surface area contributed by atoms with E-state index in [4.69, 9.17) is 5.73 Å². The van der Waals surface area contributed by atoms with E-state index in [1.54, 1.807) is 6.07 Å². The van der Waals surface area contributed by atoms with Gasteiger partial charge in [-0.1, -0.05) is 23.5 Å². The smallest absolute Gasteiger partial charge is 0.282 e. The number of nitrogens with zero attached hydrogens (tertiary/aromatic N) is 3. The lowest BCUT2D eigenvalue weighted by atomic mass is 10.1. The molecule has 1 aromatic heterocycles. The number of rotatable bonds is 6. The number of nitrogens with one attached hydrogen (secondary N) is 1. The lowest BCUT2D eigenvalue weighted by molar-refractivity contribution is -0.385. The number of aromatic nitrogens is 2. The Morgan fingerprint density at radius 3 is 2.81 bits per heavy atom. The van der Waals surface area contributed by atoms with E-state index in [0.29, 0.717) is 24.5 Å². The summed E-state index contributed by atoms with van der Waals surface area (Å²) in [5, 5.41) is 22.3. The number of anilines is 1. The van der Waals surface area contributed by atoms with Gasteiger partial charge < -0.3 is 11.1 Å². The van der Waals surface area contributed by atoms with E-state index in [2.05, 4.69) is 15.5 Å². The molecule has 21 heavy (non-hydrogen) atoms. The van der Waals surface area contributed by atoms with Gasteiger partial charge in [-0.15, -0.1) is 10.2 Å². The zero-order valence-electron chi connectivity index (χ0n) is 11.0. The number of nitrogen functional groups attached to an aromatic ring is 1. The van der Waals surface area contributed by atoms with Crippen LogP contribution in [0.4, 0.5) is 10.8 Å². The van der Waals surface area contributed by atoms with Crippen LogP contribution in [-0.4, -0.2) is 27.6 Å². The minimum absolute atomic E-state index is 0.0580. The fraction of sp³-hybridized carbons (Fsp3) is 0.250. The van der Waals surface area contributed by atoms with Crippen molar-refractivity contribution in [3.63, 3.8) is 0 Å². The van der Waals surface area contributed by atoms with Crippen LogP contribution in [0, 0.1) is 10.1 Å². The molecule has 8 nitrogen and oxygen atoms in total. The van der Waals surface area contributed by atoms with Crippen molar-refractivity contribution in [3.05, 3.63) is 45.0 Å². The molecule has 2 aromatic rings. The summed E-state index contributed by atoms with van der Waals surface area (Å²) in [5.74, 6) is -0.459. The van der Waals surface area contributed by atoms with E-state index in [1.165, 1.54) is 29.5 Å². The summed E-state index contributed by atoms with van der Waals surface area (Å²) in [6.07, 6.45) is 1.30. The SMILES string of the molecule is Nc1nnc(CCCNC(=O)c2ccccc2[N+](=O)[O-])s1. The van der Waals surface area contributed by atoms with Gasteiger partial charge in [-0.3, -0.25) is 14.9 Å². The fourth-order valence-corrected chi connectivity index (χ4v) is 2.38. The Bertz CT molecular complexity index is 658. The lowest BCUT2D eigenvalue weighted by Gasteiger charge is -2.04. The van der Waals surface area contributed by atoms with E-state index >= 15 is 0 Å². The molecule has 0 aliphatic carbocycles. The molecular weight excluding hydrogens is 294 g/mol. The average Bonchev–Trinajstić information content (AvgIpc) is 2.89. The zero-order chi connectivity index (χ0) is 15.2. The van der Waals surface area contributed by atoms with Crippen LogP contribution in [-0.2, 0) is 6.42 Å². The molecule has 0 saturated carbocycles. The summed E-state index contributed by atoms with van der Waals surface area (Å²) in [6.45, 7) is 0.393. The van der Waals surface area contributed by atoms with E-state index in [-0.39, 0.29) is 11.3 Å². The number of carbonyl (C=O) groups excluding carboxylic acids is 1. The first-order chi connectivity index (χ1) is 10.1. The Hall–Kier alpha value is -2.55. The summed E-state index contributed by atoms with van der Waals surface area (Å²) in [4.78, 5) is 22.2. The van der Waals surface area contributed by atoms with Crippen LogP contribution in [0.25, 0.3) is 0 Å². The number of hydrogen-bond donors (Lipinski definition) is 2. The van der Waals surface area contributed by atoms with Crippen LogP contribution in [0.5, 0.6) is 0 Å². The normalized spacial score (nSPS) is 10.3. The Kier molecular flexibility index (Phi) is 4.77. The second-order valence-electron chi connectivity index (χ2n) is 4.17. The maximum Gasteiger partial charge on any atom is 0.282 e. The van der Waals surface area contributed by atoms with Crippen molar-refractivity contribution in [2.45, 2.75) is 12.8 Å². The van der Waals surface area contributed by atoms with Gasteiger partial charge in [0.05, 0.1) is 4.92 Å². The molecule has 0 spiro atoms. The number of carbonyl (C=O) groups is 1. The number of nitrogens with two attached hydrogens (primary N) is 1. The standard InChI is InChI=1S/C12H13N5O3S/c13-12-16-15-10(21-12)6-3-7-14-11(18)8-4-1-2-5-9(8)17(19)20/h1-2,4-5H,3,6-7H2,(H2,13,16)(H,14,18). The molecule has 0 radical (unpaired) electrons. The highest BCUT2D eigenvalue weighted by atomic mass is 32.1. The highest BCUT2D eigenvalue weighted by Gasteiger charge is 2.18. The van der Waals surface area contributed by atoms with E-state index < -0.39 is 10.8 Å². The molecule has 9 heteroatoms. The Balaban J connectivity index is 1.86. The van der Waals surface area contributed by atoms with Gasteiger partial charge in [0.15, 0.2) is 0 Å². The van der Waals surface area contributed by atoms with Gasteiger partial charge in [0.25, 0.3) is 11.6 Å². The molecular formula is C12H13N5O3S. The van der Waals surface area contributed by atoms with Crippen LogP contribution >= 0.6 is 11.3 Å². The Morgan fingerprint density at radius 1 is 1.38 bits per heavy atom. The quantitative estimate of drug-likeness (QED) is 0.472. The minimum atomic E-state index is -0.571. The van der Waals surface area contributed by atoms with Crippen LogP contribution in [0.15, 0.2) is 24.3 Å². The topological polar surface area (TPSA) is 124 Å². The van der Waals surface area contributed by atoms with E-state index in [0.717, 1.165) is 5.01 Å². The van der Waals surface area contributed by atoms with Crippen LogP contribution in [0.1, 0.15) is 21.8 Å². The van der Waals surface area contributed by atoms with Gasteiger partial charge in [0.2, 0.25) is 5.13 Å². The van der Waals surface area contributed by atoms with E-state index in [9.17, 15) is 14.9 Å². The van der Waals surface area contributed by atoms with Crippen LogP contribution in [0.3, 0.4) is 0 Å². The fourth-order valence-electron chi connectivity index (χ4n) is 1.73. The van der Waals surface area contributed by atoms with Crippen molar-refractivity contribution in [2.24, 2.45) is 0 Å². The monoisotopic (exact) mass is 307 g/mol. The number of hydrogen-bond acceptors (Lipinski definition) is 7. The molecule has 1 amide bonds. The van der Waals surface area contributed by atoms with Crippen molar-refractivity contribution in [1.29, 1.82) is 0 Å². The van der Waals surface area contributed by atoms with Gasteiger partial charge in [0, 0.05) is 19.0 Å². The molecule has 3 N–H and O–H groups in total. The first-order valence-electron chi connectivity index (χ1n) is 6.17. The number of amides is 1. The van der Waals surface area contributed by atoms with Crippen molar-refractivity contribution < 1.29 is 9.72 Å². The summed E-state index contributed by atoms with van der Waals surface area (Å²) >= 11 is 1.30. The van der Waals surface area contributed by atoms with Crippen molar-refractivity contribution in [2.75, 3.05) is 12.3 Å². The van der Waals surface area contributed by atoms with Gasteiger partial charge in [-0.2, -0.15) is 0 Å². The molecule has 0 bridgehead atoms. The molecule has 0 unspecified atom stereocenters. The van der Waals surface area contributed by atoms with Gasteiger partial charge in [-0.05, 0) is 12.5 Å². The molecule has 0 saturated heterocycles. The third-order valence-corrected chi connectivity index (χ3v) is 3.49. The van der Waals surface area contributed by atoms with E-state index in [1.807, 2.05) is 0 Å². The molecule has 0 fully saturated rings. The lowest BCUT2D eigenvalue weighted by Crippen LogP contribution is -2.25. The Morgan fingerprint density at radius 2 is 2.14 bits per heavy atom. The Labute approximate surface area is 124 Å². The summed E-state index contributed by atoms with van der Waals surface area (Å²) < 4.78 is 0. The van der Waals surface area contributed by atoms with Crippen LogP contribution in [0.2, 0.25) is 0 Å². The zero-order valence-corrected chi connectivity index (χ0v) is 11.8. The summed E-state index contributed by atoms with van der Waals surface area (Å²) in [6, 6.07) is 5.85. The van der Waals surface area contributed by atoms with Crippen molar-refractivity contribution in [3.8, 4) is 0 Å². The molecule has 110 valence electrons. The first-order valence-corrected chi connectivity index (χ1v) is 6.99. The predicted molar refractivity (Wildman–Crippen MR) is 78.1 cm³/mol. The highest BCUT2D eigenvalue weighted by Crippen LogP contribution is 2.17. The maximum absolute atomic E-state index is 11.9. The predicted octanol–water partition coefficient (Wildman–Crippen LogP) is 1.39. The number of nitro benzene ring substituents is 1. The van der Waals surface area contributed by atoms with Gasteiger partial charge >= 0.3 is 0 Å². The second kappa shape index (κ2) is 6.75. The summed E-state index contributed by atoms with van der Waals surface area (Å²) in [7, 11) is 0. The maximum atomic E-state index is 11.9. The number of nitro groups is 1. The molecule has 0 aliphatic rings. The number of benzene rings is 1. The third kappa shape index (κ3) is 3.96. The molecule has 2 rings (SSSR count). The second-order valence-corrected chi connectivity index (χ2v) is 5.26.